The van der Waals surface area contributed by atoms with Crippen molar-refractivity contribution in [1.29, 1.82) is 0 Å². The standard InChI is InChI=1S/C20H22F2N2O2/c1-14-4-3-5-15(12-14)13-23-8-10-24(11-9-23)20(25)16-6-7-17(21)19(26-2)18(16)22/h3-7,12H,8-11,13H2,1-2H3. The summed E-state index contributed by atoms with van der Waals surface area (Å²) in [6.07, 6.45) is 0. The maximum Gasteiger partial charge on any atom is 0.257 e. The zero-order chi connectivity index (χ0) is 18.7. The molecule has 1 aliphatic heterocycles. The van der Waals surface area contributed by atoms with Gasteiger partial charge in [0.15, 0.2) is 17.4 Å². The van der Waals surface area contributed by atoms with Crippen LogP contribution in [0.5, 0.6) is 5.75 Å². The first-order valence-electron chi connectivity index (χ1n) is 8.58. The molecule has 2 aromatic carbocycles. The lowest BCUT2D eigenvalue weighted by Crippen LogP contribution is -2.48. The fourth-order valence-corrected chi connectivity index (χ4v) is 3.23. The number of methoxy groups -OCH3 is 1. The van der Waals surface area contributed by atoms with Crippen molar-refractivity contribution in [3.63, 3.8) is 0 Å². The van der Waals surface area contributed by atoms with Crippen LogP contribution in [0.15, 0.2) is 36.4 Å². The highest BCUT2D eigenvalue weighted by Crippen LogP contribution is 2.25. The summed E-state index contributed by atoms with van der Waals surface area (Å²) < 4.78 is 32.6. The van der Waals surface area contributed by atoms with E-state index >= 15 is 0 Å². The van der Waals surface area contributed by atoms with E-state index in [9.17, 15) is 13.6 Å². The molecule has 0 spiro atoms. The Balaban J connectivity index is 1.64. The van der Waals surface area contributed by atoms with Crippen LogP contribution in [0.2, 0.25) is 0 Å². The highest BCUT2D eigenvalue weighted by molar-refractivity contribution is 5.95. The molecule has 0 radical (unpaired) electrons. The Labute approximate surface area is 152 Å². The normalized spacial score (nSPS) is 15.2. The lowest BCUT2D eigenvalue weighted by atomic mass is 10.1. The minimum absolute atomic E-state index is 0.157. The lowest BCUT2D eigenvalue weighted by Gasteiger charge is -2.35. The number of rotatable bonds is 4. The summed E-state index contributed by atoms with van der Waals surface area (Å²) in [7, 11) is 1.18. The SMILES string of the molecule is COc1c(F)ccc(C(=O)N2CCN(Cc3cccc(C)c3)CC2)c1F. The maximum atomic E-state index is 14.3. The summed E-state index contributed by atoms with van der Waals surface area (Å²) >= 11 is 0. The van der Waals surface area contributed by atoms with E-state index in [4.69, 9.17) is 4.74 Å². The Morgan fingerprint density at radius 3 is 2.50 bits per heavy atom. The van der Waals surface area contributed by atoms with Crippen LogP contribution in [0.4, 0.5) is 8.78 Å². The molecule has 0 N–H and O–H groups in total. The number of carbonyl (C=O) groups excluding carboxylic acids is 1. The van der Waals surface area contributed by atoms with Crippen LogP contribution < -0.4 is 4.74 Å². The molecule has 0 unspecified atom stereocenters. The van der Waals surface area contributed by atoms with Crippen LogP contribution in [-0.2, 0) is 6.54 Å². The van der Waals surface area contributed by atoms with Gasteiger partial charge in [0.05, 0.1) is 12.7 Å². The lowest BCUT2D eigenvalue weighted by molar-refractivity contribution is 0.0623. The van der Waals surface area contributed by atoms with E-state index in [2.05, 4.69) is 30.0 Å². The van der Waals surface area contributed by atoms with Crippen molar-refractivity contribution < 1.29 is 18.3 Å². The second-order valence-corrected chi connectivity index (χ2v) is 6.50. The molecule has 1 heterocycles. The molecule has 0 bridgehead atoms. The van der Waals surface area contributed by atoms with Gasteiger partial charge in [-0.15, -0.1) is 0 Å². The molecular weight excluding hydrogens is 338 g/mol. The van der Waals surface area contributed by atoms with Gasteiger partial charge in [-0.1, -0.05) is 29.8 Å². The fourth-order valence-electron chi connectivity index (χ4n) is 3.23. The third-order valence-electron chi connectivity index (χ3n) is 4.63. The summed E-state index contributed by atoms with van der Waals surface area (Å²) in [6, 6.07) is 10.6. The molecule has 1 fully saturated rings. The van der Waals surface area contributed by atoms with Crippen LogP contribution in [0.1, 0.15) is 21.5 Å². The van der Waals surface area contributed by atoms with Gasteiger partial charge in [-0.25, -0.2) is 8.78 Å². The van der Waals surface area contributed by atoms with Crippen LogP contribution in [0, 0.1) is 18.6 Å². The first kappa shape index (κ1) is 18.3. The van der Waals surface area contributed by atoms with E-state index in [0.29, 0.717) is 26.2 Å². The predicted molar refractivity (Wildman–Crippen MR) is 95.3 cm³/mol. The predicted octanol–water partition coefficient (Wildman–Crippen LogP) is 3.24. The van der Waals surface area contributed by atoms with Crippen LogP contribution in [-0.4, -0.2) is 49.0 Å². The molecule has 138 valence electrons. The van der Waals surface area contributed by atoms with Gasteiger partial charge in [-0.2, -0.15) is 0 Å². The second kappa shape index (κ2) is 7.83. The minimum Gasteiger partial charge on any atom is -0.491 e. The number of carbonyl (C=O) groups is 1. The van der Waals surface area contributed by atoms with Crippen molar-refractivity contribution in [2.75, 3.05) is 33.3 Å². The number of benzene rings is 2. The van der Waals surface area contributed by atoms with E-state index in [-0.39, 0.29) is 5.56 Å². The summed E-state index contributed by atoms with van der Waals surface area (Å²) in [5.74, 6) is -2.71. The molecule has 4 nitrogen and oxygen atoms in total. The molecule has 1 aliphatic rings. The van der Waals surface area contributed by atoms with E-state index in [0.717, 1.165) is 12.6 Å². The summed E-state index contributed by atoms with van der Waals surface area (Å²) in [5, 5.41) is 0. The Kier molecular flexibility index (Phi) is 5.52. The van der Waals surface area contributed by atoms with Gasteiger partial charge in [0.25, 0.3) is 5.91 Å². The van der Waals surface area contributed by atoms with Gasteiger partial charge in [-0.3, -0.25) is 9.69 Å². The Bertz CT molecular complexity index is 802. The van der Waals surface area contributed by atoms with Crippen molar-refractivity contribution in [2.24, 2.45) is 0 Å². The topological polar surface area (TPSA) is 32.8 Å². The highest BCUT2D eigenvalue weighted by Gasteiger charge is 2.26. The van der Waals surface area contributed by atoms with Gasteiger partial charge in [0, 0.05) is 32.7 Å². The number of aryl methyl sites for hydroxylation is 1. The number of piperazine rings is 1. The van der Waals surface area contributed by atoms with E-state index < -0.39 is 23.3 Å². The van der Waals surface area contributed by atoms with E-state index in [1.807, 2.05) is 6.07 Å². The molecule has 0 aliphatic carbocycles. The van der Waals surface area contributed by atoms with Crippen molar-refractivity contribution in [3.05, 3.63) is 64.7 Å². The summed E-state index contributed by atoms with van der Waals surface area (Å²) in [5.41, 5.74) is 2.30. The molecule has 3 rings (SSSR count). The monoisotopic (exact) mass is 360 g/mol. The van der Waals surface area contributed by atoms with Gasteiger partial charge >= 0.3 is 0 Å². The van der Waals surface area contributed by atoms with Gasteiger partial charge in [0.1, 0.15) is 0 Å². The number of ether oxygens (including phenoxy) is 1. The number of hydrogen-bond acceptors (Lipinski definition) is 3. The Morgan fingerprint density at radius 2 is 1.85 bits per heavy atom. The highest BCUT2D eigenvalue weighted by atomic mass is 19.1. The van der Waals surface area contributed by atoms with E-state index in [1.165, 1.54) is 24.3 Å². The van der Waals surface area contributed by atoms with Gasteiger partial charge < -0.3 is 9.64 Å². The van der Waals surface area contributed by atoms with Crippen molar-refractivity contribution in [1.82, 2.24) is 9.80 Å². The number of nitrogens with zero attached hydrogens (tertiary/aromatic N) is 2. The number of hydrogen-bond donors (Lipinski definition) is 0. The molecule has 0 saturated carbocycles. The second-order valence-electron chi connectivity index (χ2n) is 6.50. The molecule has 26 heavy (non-hydrogen) atoms. The van der Waals surface area contributed by atoms with Gasteiger partial charge in [-0.05, 0) is 24.6 Å². The molecule has 0 aromatic heterocycles. The molecule has 0 atom stereocenters. The average molecular weight is 360 g/mol. The molecule has 1 amide bonds. The smallest absolute Gasteiger partial charge is 0.257 e. The zero-order valence-electron chi connectivity index (χ0n) is 15.0. The van der Waals surface area contributed by atoms with E-state index in [1.54, 1.807) is 4.90 Å². The largest absolute Gasteiger partial charge is 0.491 e. The van der Waals surface area contributed by atoms with Crippen molar-refractivity contribution in [2.45, 2.75) is 13.5 Å². The minimum atomic E-state index is -0.945. The molecule has 6 heteroatoms. The van der Waals surface area contributed by atoms with Crippen LogP contribution in [0.25, 0.3) is 0 Å². The zero-order valence-corrected chi connectivity index (χ0v) is 15.0. The average Bonchev–Trinajstić information content (AvgIpc) is 2.62. The van der Waals surface area contributed by atoms with Crippen LogP contribution >= 0.6 is 0 Å². The first-order valence-corrected chi connectivity index (χ1v) is 8.58. The Hall–Kier alpha value is -2.47. The Morgan fingerprint density at radius 1 is 1.12 bits per heavy atom. The molecular formula is C20H22F2N2O2. The fraction of sp³-hybridized carbons (Fsp3) is 0.350. The third-order valence-corrected chi connectivity index (χ3v) is 4.63. The number of halogens is 2. The van der Waals surface area contributed by atoms with Crippen LogP contribution in [0.3, 0.4) is 0 Å². The molecule has 1 saturated heterocycles. The number of amides is 1. The molecule has 2 aromatic rings. The van der Waals surface area contributed by atoms with Gasteiger partial charge in [0.2, 0.25) is 0 Å². The summed E-state index contributed by atoms with van der Waals surface area (Å²) in [6.45, 7) is 5.31. The maximum absolute atomic E-state index is 14.3. The first-order chi connectivity index (χ1) is 12.5. The third kappa shape index (κ3) is 3.85. The van der Waals surface area contributed by atoms with Crippen molar-refractivity contribution in [3.8, 4) is 5.75 Å². The summed E-state index contributed by atoms with van der Waals surface area (Å²) in [4.78, 5) is 16.5. The van der Waals surface area contributed by atoms with Crippen molar-refractivity contribution >= 4 is 5.91 Å². The quantitative estimate of drug-likeness (QED) is 0.839.